The van der Waals surface area contributed by atoms with Crippen LogP contribution in [0.1, 0.15) is 10.4 Å². The molecule has 1 aromatic heterocycles. The van der Waals surface area contributed by atoms with Crippen molar-refractivity contribution in [2.75, 3.05) is 24.4 Å². The summed E-state index contributed by atoms with van der Waals surface area (Å²) in [5.41, 5.74) is 4.22. The number of halogens is 2. The Labute approximate surface area is 204 Å². The van der Waals surface area contributed by atoms with Gasteiger partial charge in [0.2, 0.25) is 5.82 Å². The molecule has 0 radical (unpaired) electrons. The average molecular weight is 528 g/mol. The van der Waals surface area contributed by atoms with Gasteiger partial charge in [0.1, 0.15) is 16.4 Å². The van der Waals surface area contributed by atoms with Crippen molar-refractivity contribution in [2.24, 2.45) is 7.05 Å². The Morgan fingerprint density at radius 2 is 1.76 bits per heavy atom. The minimum absolute atomic E-state index is 0.0342. The van der Waals surface area contributed by atoms with Crippen molar-refractivity contribution in [3.63, 3.8) is 0 Å². The molecule has 180 valence electrons. The van der Waals surface area contributed by atoms with Crippen LogP contribution in [0.3, 0.4) is 0 Å². The number of hydrogen-bond acceptors (Lipinski definition) is 8. The monoisotopic (exact) mass is 527 g/mol. The van der Waals surface area contributed by atoms with Gasteiger partial charge < -0.3 is 14.0 Å². The Bertz CT molecular complexity index is 1410. The maximum absolute atomic E-state index is 13.1. The fourth-order valence-corrected chi connectivity index (χ4v) is 4.59. The number of benzene rings is 2. The van der Waals surface area contributed by atoms with Gasteiger partial charge in [0.05, 0.1) is 30.0 Å². The number of hydrogen-bond donors (Lipinski definition) is 3. The van der Waals surface area contributed by atoms with Gasteiger partial charge in [0.25, 0.3) is 21.5 Å². The minimum Gasteiger partial charge on any atom is -0.495 e. The molecule has 3 N–H and O–H groups in total. The summed E-state index contributed by atoms with van der Waals surface area (Å²) in [6.07, 6.45) is 2.82. The third kappa shape index (κ3) is 5.35. The lowest BCUT2D eigenvalue weighted by Crippen LogP contribution is -2.34. The fourth-order valence-electron chi connectivity index (χ4n) is 2.76. The predicted molar refractivity (Wildman–Crippen MR) is 127 cm³/mol. The molecule has 0 aliphatic rings. The van der Waals surface area contributed by atoms with Crippen LogP contribution in [0.4, 0.5) is 11.5 Å². The molecule has 0 saturated carbocycles. The van der Waals surface area contributed by atoms with E-state index in [1.165, 1.54) is 62.5 Å². The van der Waals surface area contributed by atoms with E-state index in [0.29, 0.717) is 0 Å². The van der Waals surface area contributed by atoms with Crippen molar-refractivity contribution in [1.29, 1.82) is 0 Å². The number of methoxy groups -OCH3 is 2. The van der Waals surface area contributed by atoms with Crippen LogP contribution in [0.15, 0.2) is 52.4 Å². The zero-order valence-electron chi connectivity index (χ0n) is 18.0. The van der Waals surface area contributed by atoms with Crippen molar-refractivity contribution < 1.29 is 22.7 Å². The molecular weight excluding hydrogens is 509 g/mol. The van der Waals surface area contributed by atoms with Crippen LogP contribution in [-0.4, -0.2) is 38.1 Å². The molecule has 0 aliphatic heterocycles. The number of rotatable bonds is 8. The molecule has 0 fully saturated rings. The van der Waals surface area contributed by atoms with Crippen LogP contribution in [0.25, 0.3) is 0 Å². The molecule has 0 aliphatic carbocycles. The first-order valence-corrected chi connectivity index (χ1v) is 11.6. The van der Waals surface area contributed by atoms with Crippen LogP contribution < -0.4 is 30.6 Å². The highest BCUT2D eigenvalue weighted by atomic mass is 35.5. The molecular formula is C20H19Cl2N5O6S. The molecule has 0 bridgehead atoms. The van der Waals surface area contributed by atoms with Gasteiger partial charge in [0.15, 0.2) is 0 Å². The highest BCUT2D eigenvalue weighted by molar-refractivity contribution is 7.92. The number of carbonyl (C=O) groups is 1. The predicted octanol–water partition coefficient (Wildman–Crippen LogP) is 2.66. The van der Waals surface area contributed by atoms with Gasteiger partial charge in [-0.15, -0.1) is 0 Å². The van der Waals surface area contributed by atoms with E-state index in [9.17, 15) is 18.0 Å². The number of sulfonamides is 1. The van der Waals surface area contributed by atoms with Crippen LogP contribution in [0, 0.1) is 0 Å². The first kappa shape index (κ1) is 25.1. The SMILES string of the molecule is COc1cc(OC)c(NS(=O)(=O)c2cc(C(=O)NNc3nccn(C)c3=O)ccc2Cl)cc1Cl. The Kier molecular flexibility index (Phi) is 7.54. The Morgan fingerprint density at radius 3 is 2.44 bits per heavy atom. The average Bonchev–Trinajstić information content (AvgIpc) is 2.80. The van der Waals surface area contributed by atoms with E-state index in [-0.39, 0.29) is 43.5 Å². The highest BCUT2D eigenvalue weighted by Gasteiger charge is 2.23. The number of nitrogens with one attached hydrogen (secondary N) is 3. The maximum atomic E-state index is 13.1. The van der Waals surface area contributed by atoms with Gasteiger partial charge in [0, 0.05) is 31.1 Å². The quantitative estimate of drug-likeness (QED) is 0.379. The Morgan fingerprint density at radius 1 is 1.06 bits per heavy atom. The summed E-state index contributed by atoms with van der Waals surface area (Å²) in [5, 5.41) is 0.0149. The molecule has 0 spiro atoms. The van der Waals surface area contributed by atoms with Crippen molar-refractivity contribution in [3.05, 3.63) is 68.7 Å². The summed E-state index contributed by atoms with van der Waals surface area (Å²) in [6, 6.07) is 6.39. The van der Waals surface area contributed by atoms with E-state index in [4.69, 9.17) is 32.7 Å². The van der Waals surface area contributed by atoms with Crippen LogP contribution in [0.2, 0.25) is 10.0 Å². The minimum atomic E-state index is -4.28. The van der Waals surface area contributed by atoms with Crippen molar-refractivity contribution in [3.8, 4) is 11.5 Å². The lowest BCUT2D eigenvalue weighted by molar-refractivity contribution is 0.0962. The number of aryl methyl sites for hydroxylation is 1. The molecule has 11 nitrogen and oxygen atoms in total. The molecule has 14 heteroatoms. The normalized spacial score (nSPS) is 11.0. The topological polar surface area (TPSA) is 141 Å². The number of carbonyl (C=O) groups excluding carboxylic acids is 1. The number of nitrogens with zero attached hydrogens (tertiary/aromatic N) is 2. The summed E-state index contributed by atoms with van der Waals surface area (Å²) in [6.45, 7) is 0. The fraction of sp³-hybridized carbons (Fsp3) is 0.150. The Hall–Kier alpha value is -3.48. The first-order valence-electron chi connectivity index (χ1n) is 9.39. The van der Waals surface area contributed by atoms with Crippen molar-refractivity contribution in [2.45, 2.75) is 4.90 Å². The molecule has 0 unspecified atom stereocenters. The van der Waals surface area contributed by atoms with E-state index >= 15 is 0 Å². The third-order valence-corrected chi connectivity index (χ3v) is 6.65. The number of amides is 1. The number of anilines is 2. The summed E-state index contributed by atoms with van der Waals surface area (Å²) in [7, 11) is -0.00498. The van der Waals surface area contributed by atoms with Crippen LogP contribution in [0.5, 0.6) is 11.5 Å². The van der Waals surface area contributed by atoms with Crippen molar-refractivity contribution >= 4 is 50.6 Å². The second-order valence-corrected chi connectivity index (χ2v) is 9.17. The second-order valence-electron chi connectivity index (χ2n) is 6.71. The number of aromatic nitrogens is 2. The largest absolute Gasteiger partial charge is 0.495 e. The molecule has 34 heavy (non-hydrogen) atoms. The summed E-state index contributed by atoms with van der Waals surface area (Å²) in [4.78, 5) is 28.0. The van der Waals surface area contributed by atoms with Crippen LogP contribution >= 0.6 is 23.2 Å². The molecule has 0 atom stereocenters. The lowest BCUT2D eigenvalue weighted by atomic mass is 10.2. The zero-order valence-corrected chi connectivity index (χ0v) is 20.4. The summed E-state index contributed by atoms with van der Waals surface area (Å²) in [5.74, 6) is -0.416. The lowest BCUT2D eigenvalue weighted by Gasteiger charge is -2.15. The van der Waals surface area contributed by atoms with Gasteiger partial charge in [-0.25, -0.2) is 13.4 Å². The van der Waals surface area contributed by atoms with Gasteiger partial charge in [-0.3, -0.25) is 25.2 Å². The van der Waals surface area contributed by atoms with E-state index in [1.54, 1.807) is 0 Å². The zero-order chi connectivity index (χ0) is 25.0. The van der Waals surface area contributed by atoms with Gasteiger partial charge in [-0.05, 0) is 24.3 Å². The van der Waals surface area contributed by atoms with Gasteiger partial charge >= 0.3 is 0 Å². The standard InChI is InChI=1S/C20H19Cl2N5O6S/c1-27-7-6-23-18(20(27)29)24-25-19(28)11-4-5-12(21)17(8-11)34(30,31)26-14-9-13(22)15(32-2)10-16(14)33-3/h4-10,26H,1-3H3,(H,23,24)(H,25,28). The van der Waals surface area contributed by atoms with Gasteiger partial charge in [-0.1, -0.05) is 23.2 Å². The van der Waals surface area contributed by atoms with E-state index in [1.807, 2.05) is 0 Å². The Balaban J connectivity index is 1.88. The molecule has 2 aromatic carbocycles. The van der Waals surface area contributed by atoms with E-state index < -0.39 is 21.5 Å². The number of hydrazine groups is 1. The maximum Gasteiger partial charge on any atom is 0.294 e. The molecule has 1 heterocycles. The first-order chi connectivity index (χ1) is 16.1. The highest BCUT2D eigenvalue weighted by Crippen LogP contribution is 2.37. The molecule has 1 amide bonds. The molecule has 0 saturated heterocycles. The smallest absolute Gasteiger partial charge is 0.294 e. The number of ether oxygens (including phenoxy) is 2. The van der Waals surface area contributed by atoms with Gasteiger partial charge in [-0.2, -0.15) is 0 Å². The second kappa shape index (κ2) is 10.2. The molecule has 3 aromatic rings. The summed E-state index contributed by atoms with van der Waals surface area (Å²) < 4.78 is 40.0. The van der Waals surface area contributed by atoms with E-state index in [2.05, 4.69) is 20.6 Å². The van der Waals surface area contributed by atoms with E-state index in [0.717, 1.165) is 6.07 Å². The third-order valence-electron chi connectivity index (χ3n) is 4.51. The van der Waals surface area contributed by atoms with Crippen molar-refractivity contribution in [1.82, 2.24) is 15.0 Å². The summed E-state index contributed by atoms with van der Waals surface area (Å²) >= 11 is 12.2. The van der Waals surface area contributed by atoms with Crippen LogP contribution in [-0.2, 0) is 17.1 Å². The molecule has 3 rings (SSSR count).